The van der Waals surface area contributed by atoms with E-state index in [2.05, 4.69) is 5.32 Å². The molecule has 6 nitrogen and oxygen atoms in total. The Hall–Kier alpha value is -1.82. The van der Waals surface area contributed by atoms with E-state index in [0.717, 1.165) is 32.6 Å². The van der Waals surface area contributed by atoms with Gasteiger partial charge in [0.15, 0.2) is 5.75 Å². The van der Waals surface area contributed by atoms with Crippen molar-refractivity contribution in [1.29, 1.82) is 0 Å². The molecule has 1 heterocycles. The Morgan fingerprint density at radius 1 is 1.47 bits per heavy atom. The minimum Gasteiger partial charge on any atom is -0.490 e. The summed E-state index contributed by atoms with van der Waals surface area (Å²) in [7, 11) is 1.44. The fraction of sp³-hybridized carbons (Fsp3) is 0.538. The summed E-state index contributed by atoms with van der Waals surface area (Å²) < 4.78 is 10.3. The first-order valence-electron chi connectivity index (χ1n) is 6.35. The zero-order valence-corrected chi connectivity index (χ0v) is 10.9. The third kappa shape index (κ3) is 3.35. The number of nitrogens with zero attached hydrogens (tertiary/aromatic N) is 1. The standard InChI is InChI=1S/C13H18N2O4/c1-18-12-4-2-3-11(13(12)15(16)17)14-9-10-5-7-19-8-6-10/h2-4,10,14H,5-9H2,1H3. The van der Waals surface area contributed by atoms with Crippen LogP contribution in [0.15, 0.2) is 18.2 Å². The fourth-order valence-corrected chi connectivity index (χ4v) is 2.22. The van der Waals surface area contributed by atoms with Crippen molar-refractivity contribution >= 4 is 11.4 Å². The van der Waals surface area contributed by atoms with Crippen molar-refractivity contribution in [2.45, 2.75) is 12.8 Å². The zero-order valence-electron chi connectivity index (χ0n) is 10.9. The molecule has 0 aliphatic carbocycles. The van der Waals surface area contributed by atoms with E-state index in [4.69, 9.17) is 9.47 Å². The van der Waals surface area contributed by atoms with Crippen molar-refractivity contribution in [2.75, 3.05) is 32.2 Å². The smallest absolute Gasteiger partial charge is 0.333 e. The second kappa shape index (κ2) is 6.38. The Morgan fingerprint density at radius 2 is 2.21 bits per heavy atom. The minimum atomic E-state index is -0.412. The van der Waals surface area contributed by atoms with Gasteiger partial charge in [0.05, 0.1) is 12.0 Å². The number of hydrogen-bond acceptors (Lipinski definition) is 5. The lowest BCUT2D eigenvalue weighted by Gasteiger charge is -2.22. The van der Waals surface area contributed by atoms with Gasteiger partial charge in [0.25, 0.3) is 0 Å². The molecule has 0 radical (unpaired) electrons. The number of para-hydroxylation sites is 1. The molecule has 1 aromatic rings. The molecule has 0 bridgehead atoms. The number of ether oxygens (including phenoxy) is 2. The number of nitro benzene ring substituents is 1. The molecule has 0 unspecified atom stereocenters. The van der Waals surface area contributed by atoms with Crippen LogP contribution in [0.4, 0.5) is 11.4 Å². The number of benzene rings is 1. The quantitative estimate of drug-likeness (QED) is 0.654. The lowest BCUT2D eigenvalue weighted by molar-refractivity contribution is -0.384. The highest BCUT2D eigenvalue weighted by molar-refractivity contribution is 5.68. The third-order valence-corrected chi connectivity index (χ3v) is 3.32. The van der Waals surface area contributed by atoms with E-state index in [1.165, 1.54) is 7.11 Å². The van der Waals surface area contributed by atoms with Crippen LogP contribution in [-0.2, 0) is 4.74 Å². The van der Waals surface area contributed by atoms with E-state index in [1.807, 2.05) is 0 Å². The Balaban J connectivity index is 2.08. The largest absolute Gasteiger partial charge is 0.490 e. The number of nitrogens with one attached hydrogen (secondary N) is 1. The Labute approximate surface area is 111 Å². The van der Waals surface area contributed by atoms with Gasteiger partial charge in [0.1, 0.15) is 5.69 Å². The summed E-state index contributed by atoms with van der Waals surface area (Å²) in [6.07, 6.45) is 1.98. The van der Waals surface area contributed by atoms with Crippen LogP contribution in [0.25, 0.3) is 0 Å². The van der Waals surface area contributed by atoms with Crippen molar-refractivity contribution in [2.24, 2.45) is 5.92 Å². The Morgan fingerprint density at radius 3 is 2.84 bits per heavy atom. The van der Waals surface area contributed by atoms with Gasteiger partial charge in [-0.3, -0.25) is 10.1 Å². The maximum atomic E-state index is 11.1. The average molecular weight is 266 g/mol. The lowest BCUT2D eigenvalue weighted by atomic mass is 10.0. The second-order valence-corrected chi connectivity index (χ2v) is 4.55. The first-order valence-corrected chi connectivity index (χ1v) is 6.35. The number of nitro groups is 1. The van der Waals surface area contributed by atoms with E-state index in [0.29, 0.717) is 11.6 Å². The Kier molecular flexibility index (Phi) is 4.57. The predicted octanol–water partition coefficient (Wildman–Crippen LogP) is 2.44. The molecule has 19 heavy (non-hydrogen) atoms. The van der Waals surface area contributed by atoms with E-state index in [-0.39, 0.29) is 11.4 Å². The fourth-order valence-electron chi connectivity index (χ4n) is 2.22. The van der Waals surface area contributed by atoms with Gasteiger partial charge in [-0.15, -0.1) is 0 Å². The van der Waals surface area contributed by atoms with Crippen molar-refractivity contribution in [3.05, 3.63) is 28.3 Å². The molecule has 1 N–H and O–H groups in total. The molecule has 1 fully saturated rings. The SMILES string of the molecule is COc1cccc(NCC2CCOCC2)c1[N+](=O)[O-]. The predicted molar refractivity (Wildman–Crippen MR) is 71.7 cm³/mol. The van der Waals surface area contributed by atoms with Crippen LogP contribution in [0.3, 0.4) is 0 Å². The monoisotopic (exact) mass is 266 g/mol. The maximum absolute atomic E-state index is 11.1. The van der Waals surface area contributed by atoms with Crippen LogP contribution in [0.1, 0.15) is 12.8 Å². The Bertz CT molecular complexity index is 444. The number of hydrogen-bond donors (Lipinski definition) is 1. The summed E-state index contributed by atoms with van der Waals surface area (Å²) in [4.78, 5) is 10.7. The number of rotatable bonds is 5. The molecule has 0 amide bonds. The molecule has 0 spiro atoms. The van der Waals surface area contributed by atoms with E-state index >= 15 is 0 Å². The van der Waals surface area contributed by atoms with E-state index < -0.39 is 4.92 Å². The van der Waals surface area contributed by atoms with Crippen LogP contribution < -0.4 is 10.1 Å². The van der Waals surface area contributed by atoms with Gasteiger partial charge < -0.3 is 14.8 Å². The van der Waals surface area contributed by atoms with E-state index in [1.54, 1.807) is 18.2 Å². The van der Waals surface area contributed by atoms with Crippen molar-refractivity contribution < 1.29 is 14.4 Å². The summed E-state index contributed by atoms with van der Waals surface area (Å²) in [5, 5.41) is 14.3. The van der Waals surface area contributed by atoms with Crippen molar-refractivity contribution in [3.8, 4) is 5.75 Å². The van der Waals surface area contributed by atoms with Crippen molar-refractivity contribution in [3.63, 3.8) is 0 Å². The van der Waals surface area contributed by atoms with Gasteiger partial charge >= 0.3 is 5.69 Å². The highest BCUT2D eigenvalue weighted by atomic mass is 16.6. The molecule has 0 atom stereocenters. The van der Waals surface area contributed by atoms with Crippen LogP contribution >= 0.6 is 0 Å². The van der Waals surface area contributed by atoms with Crippen LogP contribution in [0, 0.1) is 16.0 Å². The highest BCUT2D eigenvalue weighted by Crippen LogP contribution is 2.34. The number of methoxy groups -OCH3 is 1. The van der Waals surface area contributed by atoms with Gasteiger partial charge in [-0.2, -0.15) is 0 Å². The molecule has 1 aromatic carbocycles. The molecule has 1 aliphatic heterocycles. The first kappa shape index (κ1) is 13.6. The van der Waals surface area contributed by atoms with Gasteiger partial charge in [0.2, 0.25) is 0 Å². The topological polar surface area (TPSA) is 73.6 Å². The van der Waals surface area contributed by atoms with Gasteiger partial charge in [-0.05, 0) is 30.9 Å². The third-order valence-electron chi connectivity index (χ3n) is 3.32. The summed E-state index contributed by atoms with van der Waals surface area (Å²) in [6, 6.07) is 5.05. The van der Waals surface area contributed by atoms with Crippen LogP contribution in [-0.4, -0.2) is 31.8 Å². The molecule has 0 aromatic heterocycles. The molecule has 6 heteroatoms. The van der Waals surface area contributed by atoms with Gasteiger partial charge in [-0.25, -0.2) is 0 Å². The molecule has 1 saturated heterocycles. The lowest BCUT2D eigenvalue weighted by Crippen LogP contribution is -2.22. The summed E-state index contributed by atoms with van der Waals surface area (Å²) in [5.41, 5.74) is 0.507. The first-order chi connectivity index (χ1) is 9.22. The molecular weight excluding hydrogens is 248 g/mol. The second-order valence-electron chi connectivity index (χ2n) is 4.55. The van der Waals surface area contributed by atoms with Crippen molar-refractivity contribution in [1.82, 2.24) is 0 Å². The highest BCUT2D eigenvalue weighted by Gasteiger charge is 2.21. The van der Waals surface area contributed by atoms with Crippen LogP contribution in [0.2, 0.25) is 0 Å². The van der Waals surface area contributed by atoms with Gasteiger partial charge in [0, 0.05) is 19.8 Å². The molecule has 0 saturated carbocycles. The number of anilines is 1. The summed E-state index contributed by atoms with van der Waals surface area (Å²) >= 11 is 0. The minimum absolute atomic E-state index is 0.00272. The molecule has 1 aliphatic rings. The van der Waals surface area contributed by atoms with E-state index in [9.17, 15) is 10.1 Å². The summed E-state index contributed by atoms with van der Waals surface area (Å²) in [6.45, 7) is 2.26. The van der Waals surface area contributed by atoms with Crippen LogP contribution in [0.5, 0.6) is 5.75 Å². The average Bonchev–Trinajstić information content (AvgIpc) is 2.45. The maximum Gasteiger partial charge on any atom is 0.333 e. The molecular formula is C13H18N2O4. The molecule has 104 valence electrons. The summed E-state index contributed by atoms with van der Waals surface area (Å²) in [5.74, 6) is 0.779. The molecule has 2 rings (SSSR count). The normalized spacial score (nSPS) is 16.1. The zero-order chi connectivity index (χ0) is 13.7. The van der Waals surface area contributed by atoms with Gasteiger partial charge in [-0.1, -0.05) is 6.07 Å².